The fraction of sp³-hybridized carbons (Fsp3) is 0.167. The Morgan fingerprint density at radius 1 is 1.15 bits per heavy atom. The van der Waals surface area contributed by atoms with Crippen LogP contribution in [0.15, 0.2) is 55.0 Å². The average molecular weight is 350 g/mol. The van der Waals surface area contributed by atoms with Gasteiger partial charge in [0, 0.05) is 18.4 Å². The number of aromatic nitrogens is 3. The first-order chi connectivity index (χ1) is 12.6. The molecule has 0 unspecified atom stereocenters. The second kappa shape index (κ2) is 7.56. The minimum atomic E-state index is -0.473. The molecule has 0 saturated heterocycles. The molecule has 0 aliphatic heterocycles. The lowest BCUT2D eigenvalue weighted by molar-refractivity contribution is -0.383. The first-order valence-electron chi connectivity index (χ1n) is 8.11. The topological polar surface area (TPSA) is 97.1 Å². The zero-order valence-corrected chi connectivity index (χ0v) is 14.5. The van der Waals surface area contributed by atoms with Gasteiger partial charge in [-0.15, -0.1) is 0 Å². The maximum Gasteiger partial charge on any atom is 0.354 e. The summed E-state index contributed by atoms with van der Waals surface area (Å²) in [5.41, 5.74) is 1.70. The molecule has 0 saturated carbocycles. The van der Waals surface area contributed by atoms with E-state index >= 15 is 0 Å². The molecule has 0 aliphatic carbocycles. The van der Waals surface area contributed by atoms with Crippen molar-refractivity contribution in [2.24, 2.45) is 0 Å². The molecule has 132 valence electrons. The number of nitro groups is 1. The number of hydrogen-bond acceptors (Lipinski definition) is 7. The molecule has 2 heterocycles. The van der Waals surface area contributed by atoms with Crippen LogP contribution in [0.2, 0.25) is 0 Å². The van der Waals surface area contributed by atoms with Crippen LogP contribution in [0.4, 0.5) is 28.8 Å². The minimum absolute atomic E-state index is 0.102. The summed E-state index contributed by atoms with van der Waals surface area (Å²) >= 11 is 0. The standard InChI is InChI=1S/C18H18N6O2/c1-3-23(14-8-6-7-13(2)11-14)18-16(24(25)26)17(20-12-21-18)22-15-9-4-5-10-19-15/h4-12H,3H2,1-2H3,(H,19,20,21,22). The predicted octanol–water partition coefficient (Wildman–Crippen LogP) is 3.99. The van der Waals surface area contributed by atoms with Crippen molar-refractivity contribution in [3.8, 4) is 0 Å². The van der Waals surface area contributed by atoms with E-state index in [9.17, 15) is 10.1 Å². The summed E-state index contributed by atoms with van der Waals surface area (Å²) < 4.78 is 0. The van der Waals surface area contributed by atoms with Gasteiger partial charge in [-0.3, -0.25) is 10.1 Å². The van der Waals surface area contributed by atoms with Crippen molar-refractivity contribution in [1.82, 2.24) is 15.0 Å². The monoisotopic (exact) mass is 350 g/mol. The Labute approximate surface area is 150 Å². The van der Waals surface area contributed by atoms with Crippen molar-refractivity contribution in [3.05, 3.63) is 70.7 Å². The quantitative estimate of drug-likeness (QED) is 0.530. The van der Waals surface area contributed by atoms with E-state index in [2.05, 4.69) is 20.3 Å². The molecule has 0 aliphatic rings. The van der Waals surface area contributed by atoms with Crippen LogP contribution in [0.1, 0.15) is 12.5 Å². The number of anilines is 4. The van der Waals surface area contributed by atoms with Crippen molar-refractivity contribution >= 4 is 28.8 Å². The van der Waals surface area contributed by atoms with E-state index in [0.29, 0.717) is 12.4 Å². The molecule has 0 fully saturated rings. The molecular weight excluding hydrogens is 332 g/mol. The SMILES string of the molecule is CCN(c1cccc(C)c1)c1ncnc(Nc2ccccn2)c1[N+](=O)[O-]. The van der Waals surface area contributed by atoms with Crippen LogP contribution in [-0.2, 0) is 0 Å². The van der Waals surface area contributed by atoms with Crippen LogP contribution < -0.4 is 10.2 Å². The van der Waals surface area contributed by atoms with Gasteiger partial charge >= 0.3 is 5.69 Å². The van der Waals surface area contributed by atoms with Crippen molar-refractivity contribution in [2.75, 3.05) is 16.8 Å². The van der Waals surface area contributed by atoms with Crippen LogP contribution in [0.25, 0.3) is 0 Å². The van der Waals surface area contributed by atoms with E-state index in [1.54, 1.807) is 29.3 Å². The molecule has 8 nitrogen and oxygen atoms in total. The third-order valence-electron chi connectivity index (χ3n) is 3.78. The number of nitrogens with zero attached hydrogens (tertiary/aromatic N) is 5. The lowest BCUT2D eigenvalue weighted by Crippen LogP contribution is -2.20. The summed E-state index contributed by atoms with van der Waals surface area (Å²) in [5, 5.41) is 14.7. The molecule has 0 spiro atoms. The number of nitrogens with one attached hydrogen (secondary N) is 1. The normalized spacial score (nSPS) is 10.4. The molecule has 26 heavy (non-hydrogen) atoms. The number of hydrogen-bond donors (Lipinski definition) is 1. The van der Waals surface area contributed by atoms with Gasteiger partial charge in [0.2, 0.25) is 11.6 Å². The Hall–Kier alpha value is -3.55. The largest absolute Gasteiger partial charge is 0.354 e. The van der Waals surface area contributed by atoms with Crippen molar-refractivity contribution in [2.45, 2.75) is 13.8 Å². The van der Waals surface area contributed by atoms with Crippen molar-refractivity contribution in [3.63, 3.8) is 0 Å². The van der Waals surface area contributed by atoms with Crippen LogP contribution in [-0.4, -0.2) is 26.4 Å². The van der Waals surface area contributed by atoms with Crippen LogP contribution >= 0.6 is 0 Å². The number of benzene rings is 1. The van der Waals surface area contributed by atoms with Gasteiger partial charge in [-0.2, -0.15) is 0 Å². The number of pyridine rings is 1. The van der Waals surface area contributed by atoms with Gasteiger partial charge < -0.3 is 10.2 Å². The number of rotatable bonds is 6. The highest BCUT2D eigenvalue weighted by molar-refractivity contribution is 5.77. The maximum absolute atomic E-state index is 11.8. The summed E-state index contributed by atoms with van der Waals surface area (Å²) in [6.07, 6.45) is 2.91. The number of aryl methyl sites for hydroxylation is 1. The van der Waals surface area contributed by atoms with Gasteiger partial charge in [0.15, 0.2) is 0 Å². The molecule has 0 radical (unpaired) electrons. The van der Waals surface area contributed by atoms with Gasteiger partial charge in [-0.25, -0.2) is 15.0 Å². The van der Waals surface area contributed by atoms with Gasteiger partial charge in [0.25, 0.3) is 0 Å². The van der Waals surface area contributed by atoms with E-state index in [1.807, 2.05) is 38.1 Å². The highest BCUT2D eigenvalue weighted by atomic mass is 16.6. The first-order valence-corrected chi connectivity index (χ1v) is 8.11. The second-order valence-electron chi connectivity index (χ2n) is 5.57. The van der Waals surface area contributed by atoms with Crippen LogP contribution in [0, 0.1) is 17.0 Å². The van der Waals surface area contributed by atoms with Crippen LogP contribution in [0.3, 0.4) is 0 Å². The third kappa shape index (κ3) is 3.59. The van der Waals surface area contributed by atoms with E-state index in [4.69, 9.17) is 0 Å². The summed E-state index contributed by atoms with van der Waals surface area (Å²) in [5.74, 6) is 0.806. The molecule has 1 aromatic carbocycles. The molecule has 0 atom stereocenters. The fourth-order valence-corrected chi connectivity index (χ4v) is 2.64. The Morgan fingerprint density at radius 3 is 2.65 bits per heavy atom. The summed E-state index contributed by atoms with van der Waals surface area (Å²) in [7, 11) is 0. The molecule has 3 rings (SSSR count). The summed E-state index contributed by atoms with van der Waals surface area (Å²) in [6.45, 7) is 4.41. The van der Waals surface area contributed by atoms with E-state index in [0.717, 1.165) is 11.3 Å². The van der Waals surface area contributed by atoms with Gasteiger partial charge in [-0.05, 0) is 43.7 Å². The third-order valence-corrected chi connectivity index (χ3v) is 3.78. The summed E-state index contributed by atoms with van der Waals surface area (Å²) in [4.78, 5) is 25.5. The van der Waals surface area contributed by atoms with Gasteiger partial charge in [-0.1, -0.05) is 18.2 Å². The molecule has 3 aromatic rings. The average Bonchev–Trinajstić information content (AvgIpc) is 2.63. The molecule has 1 N–H and O–H groups in total. The lowest BCUT2D eigenvalue weighted by Gasteiger charge is -2.22. The Balaban J connectivity index is 2.09. The second-order valence-corrected chi connectivity index (χ2v) is 5.57. The molecule has 0 amide bonds. The lowest BCUT2D eigenvalue weighted by atomic mass is 10.2. The Kier molecular flexibility index (Phi) is 5.02. The maximum atomic E-state index is 11.8. The van der Waals surface area contributed by atoms with E-state index < -0.39 is 4.92 Å². The van der Waals surface area contributed by atoms with E-state index in [-0.39, 0.29) is 17.3 Å². The molecule has 8 heteroatoms. The van der Waals surface area contributed by atoms with Crippen molar-refractivity contribution < 1.29 is 4.92 Å². The minimum Gasteiger partial charge on any atom is -0.321 e. The highest BCUT2D eigenvalue weighted by Crippen LogP contribution is 2.36. The fourth-order valence-electron chi connectivity index (χ4n) is 2.64. The first kappa shape index (κ1) is 17.3. The smallest absolute Gasteiger partial charge is 0.321 e. The molecule has 2 aromatic heterocycles. The summed E-state index contributed by atoms with van der Waals surface area (Å²) in [6, 6.07) is 13.0. The van der Waals surface area contributed by atoms with E-state index in [1.165, 1.54) is 6.33 Å². The highest BCUT2D eigenvalue weighted by Gasteiger charge is 2.27. The molecular formula is C18H18N6O2. The van der Waals surface area contributed by atoms with Crippen LogP contribution in [0.5, 0.6) is 0 Å². The van der Waals surface area contributed by atoms with Gasteiger partial charge in [0.05, 0.1) is 4.92 Å². The predicted molar refractivity (Wildman–Crippen MR) is 100 cm³/mol. The zero-order chi connectivity index (χ0) is 18.5. The van der Waals surface area contributed by atoms with Gasteiger partial charge in [0.1, 0.15) is 12.1 Å². The Bertz CT molecular complexity index is 917. The van der Waals surface area contributed by atoms with Crippen molar-refractivity contribution in [1.29, 1.82) is 0 Å². The molecule has 0 bridgehead atoms. The zero-order valence-electron chi connectivity index (χ0n) is 14.5. The Morgan fingerprint density at radius 2 is 2.00 bits per heavy atom.